The first-order valence-corrected chi connectivity index (χ1v) is 6.30. The van der Waals surface area contributed by atoms with E-state index in [2.05, 4.69) is 15.3 Å². The summed E-state index contributed by atoms with van der Waals surface area (Å²) in [5.74, 6) is 0.422. The van der Waals surface area contributed by atoms with E-state index in [-0.39, 0.29) is 11.8 Å². The molecular weight excluding hydrogens is 226 g/mol. The first-order chi connectivity index (χ1) is 8.83. The maximum Gasteiger partial charge on any atom is 0.223 e. The van der Waals surface area contributed by atoms with Crippen molar-refractivity contribution < 1.29 is 4.79 Å². The van der Waals surface area contributed by atoms with Gasteiger partial charge in [0.05, 0.1) is 11.0 Å². The van der Waals surface area contributed by atoms with Gasteiger partial charge in [-0.25, -0.2) is 0 Å². The average molecular weight is 241 g/mol. The molecule has 0 bridgehead atoms. The highest BCUT2D eigenvalue weighted by molar-refractivity contribution is 5.79. The van der Waals surface area contributed by atoms with E-state index in [1.807, 2.05) is 18.2 Å². The van der Waals surface area contributed by atoms with Crippen molar-refractivity contribution >= 4 is 16.9 Å². The van der Waals surface area contributed by atoms with Gasteiger partial charge in [-0.2, -0.15) is 0 Å². The van der Waals surface area contributed by atoms with Crippen LogP contribution >= 0.6 is 0 Å². The molecule has 1 aromatic carbocycles. The maximum atomic E-state index is 11.7. The van der Waals surface area contributed by atoms with Gasteiger partial charge in [0.1, 0.15) is 0 Å². The molecule has 1 amide bonds. The van der Waals surface area contributed by atoms with Gasteiger partial charge < -0.3 is 5.32 Å². The van der Waals surface area contributed by atoms with Crippen molar-refractivity contribution in [3.8, 4) is 0 Å². The molecule has 1 aliphatic carbocycles. The van der Waals surface area contributed by atoms with Crippen LogP contribution < -0.4 is 5.32 Å². The third kappa shape index (κ3) is 2.18. The van der Waals surface area contributed by atoms with Crippen molar-refractivity contribution in [3.05, 3.63) is 36.2 Å². The Labute approximate surface area is 105 Å². The average Bonchev–Trinajstić information content (AvgIpc) is 2.34. The quantitative estimate of drug-likeness (QED) is 0.894. The maximum absolute atomic E-state index is 11.7. The zero-order valence-corrected chi connectivity index (χ0v) is 10.1. The molecular formula is C14H15N3O. The van der Waals surface area contributed by atoms with Crippen molar-refractivity contribution in [2.75, 3.05) is 0 Å². The molecule has 4 heteroatoms. The lowest BCUT2D eigenvalue weighted by molar-refractivity contribution is -0.127. The van der Waals surface area contributed by atoms with Crippen LogP contribution in [0.15, 0.2) is 30.6 Å². The number of hydrogen-bond acceptors (Lipinski definition) is 3. The standard InChI is InChI=1S/C14H15N3O/c18-14(11-2-1-3-11)17-9-10-4-5-12-13(8-10)16-7-6-15-12/h4-8,11H,1-3,9H2,(H,17,18). The van der Waals surface area contributed by atoms with E-state index in [0.717, 1.165) is 29.4 Å². The van der Waals surface area contributed by atoms with E-state index in [0.29, 0.717) is 6.54 Å². The lowest BCUT2D eigenvalue weighted by Gasteiger charge is -2.24. The minimum Gasteiger partial charge on any atom is -0.352 e. The van der Waals surface area contributed by atoms with Crippen LogP contribution in [0.25, 0.3) is 11.0 Å². The topological polar surface area (TPSA) is 54.9 Å². The van der Waals surface area contributed by atoms with Crippen LogP contribution in [0.4, 0.5) is 0 Å². The van der Waals surface area contributed by atoms with Crippen molar-refractivity contribution in [1.82, 2.24) is 15.3 Å². The Bertz CT molecular complexity index is 578. The summed E-state index contributed by atoms with van der Waals surface area (Å²) in [6.45, 7) is 0.571. The molecule has 1 heterocycles. The molecule has 0 radical (unpaired) electrons. The number of benzene rings is 1. The molecule has 1 aliphatic rings. The van der Waals surface area contributed by atoms with E-state index in [1.165, 1.54) is 6.42 Å². The van der Waals surface area contributed by atoms with E-state index >= 15 is 0 Å². The van der Waals surface area contributed by atoms with Gasteiger partial charge in [0, 0.05) is 24.9 Å². The molecule has 3 rings (SSSR count). The summed E-state index contributed by atoms with van der Waals surface area (Å²) in [5.41, 5.74) is 2.81. The minimum absolute atomic E-state index is 0.181. The summed E-state index contributed by atoms with van der Waals surface area (Å²) in [6.07, 6.45) is 6.62. The summed E-state index contributed by atoms with van der Waals surface area (Å²) in [5, 5.41) is 2.98. The summed E-state index contributed by atoms with van der Waals surface area (Å²) in [4.78, 5) is 20.2. The van der Waals surface area contributed by atoms with Gasteiger partial charge in [-0.3, -0.25) is 14.8 Å². The number of rotatable bonds is 3. The van der Waals surface area contributed by atoms with Gasteiger partial charge in [-0.1, -0.05) is 12.5 Å². The molecule has 1 fully saturated rings. The highest BCUT2D eigenvalue weighted by Crippen LogP contribution is 2.26. The summed E-state index contributed by atoms with van der Waals surface area (Å²) < 4.78 is 0. The second-order valence-electron chi connectivity index (χ2n) is 4.73. The summed E-state index contributed by atoms with van der Waals surface area (Å²) in [7, 11) is 0. The van der Waals surface area contributed by atoms with Crippen LogP contribution in [0.2, 0.25) is 0 Å². The van der Waals surface area contributed by atoms with Crippen LogP contribution in [0.5, 0.6) is 0 Å². The lowest BCUT2D eigenvalue weighted by Crippen LogP contribution is -2.33. The Morgan fingerprint density at radius 3 is 2.72 bits per heavy atom. The molecule has 1 aromatic heterocycles. The van der Waals surface area contributed by atoms with E-state index in [1.54, 1.807) is 12.4 Å². The van der Waals surface area contributed by atoms with Crippen molar-refractivity contribution in [2.24, 2.45) is 5.92 Å². The predicted octanol–water partition coefficient (Wildman–Crippen LogP) is 2.05. The van der Waals surface area contributed by atoms with Gasteiger partial charge in [0.2, 0.25) is 5.91 Å². The zero-order valence-electron chi connectivity index (χ0n) is 10.1. The van der Waals surface area contributed by atoms with Crippen molar-refractivity contribution in [2.45, 2.75) is 25.8 Å². The molecule has 2 aromatic rings. The molecule has 0 spiro atoms. The van der Waals surface area contributed by atoms with E-state index in [4.69, 9.17) is 0 Å². The number of aromatic nitrogens is 2. The number of carbonyl (C=O) groups is 1. The molecule has 0 aliphatic heterocycles. The second kappa shape index (κ2) is 4.72. The van der Waals surface area contributed by atoms with Gasteiger partial charge in [-0.15, -0.1) is 0 Å². The largest absolute Gasteiger partial charge is 0.352 e. The monoisotopic (exact) mass is 241 g/mol. The Morgan fingerprint density at radius 2 is 2.00 bits per heavy atom. The Hall–Kier alpha value is -1.97. The summed E-state index contributed by atoms with van der Waals surface area (Å²) in [6, 6.07) is 5.90. The molecule has 0 atom stereocenters. The Morgan fingerprint density at radius 1 is 1.22 bits per heavy atom. The fourth-order valence-corrected chi connectivity index (χ4v) is 2.12. The number of amides is 1. The number of nitrogens with one attached hydrogen (secondary N) is 1. The number of hydrogen-bond donors (Lipinski definition) is 1. The number of nitrogens with zero attached hydrogens (tertiary/aromatic N) is 2. The molecule has 4 nitrogen and oxygen atoms in total. The summed E-state index contributed by atoms with van der Waals surface area (Å²) >= 11 is 0. The Kier molecular flexibility index (Phi) is 2.92. The molecule has 18 heavy (non-hydrogen) atoms. The van der Waals surface area contributed by atoms with Crippen LogP contribution in [-0.4, -0.2) is 15.9 Å². The van der Waals surface area contributed by atoms with Crippen LogP contribution in [0, 0.1) is 5.92 Å². The molecule has 92 valence electrons. The minimum atomic E-state index is 0.181. The lowest BCUT2D eigenvalue weighted by atomic mass is 9.85. The normalized spacial score (nSPS) is 15.3. The zero-order chi connectivity index (χ0) is 12.4. The van der Waals surface area contributed by atoms with Gasteiger partial charge >= 0.3 is 0 Å². The molecule has 0 unspecified atom stereocenters. The van der Waals surface area contributed by atoms with Gasteiger partial charge in [-0.05, 0) is 30.5 Å². The van der Waals surface area contributed by atoms with Crippen LogP contribution in [-0.2, 0) is 11.3 Å². The molecule has 0 saturated heterocycles. The highest BCUT2D eigenvalue weighted by atomic mass is 16.1. The van der Waals surface area contributed by atoms with Crippen LogP contribution in [0.3, 0.4) is 0 Å². The predicted molar refractivity (Wildman–Crippen MR) is 68.7 cm³/mol. The van der Waals surface area contributed by atoms with E-state index in [9.17, 15) is 4.79 Å². The third-order valence-electron chi connectivity index (χ3n) is 3.48. The number of carbonyl (C=O) groups excluding carboxylic acids is 1. The van der Waals surface area contributed by atoms with Crippen LogP contribution in [0.1, 0.15) is 24.8 Å². The van der Waals surface area contributed by atoms with Crippen molar-refractivity contribution in [1.29, 1.82) is 0 Å². The van der Waals surface area contributed by atoms with E-state index < -0.39 is 0 Å². The molecule has 1 N–H and O–H groups in total. The smallest absolute Gasteiger partial charge is 0.223 e. The third-order valence-corrected chi connectivity index (χ3v) is 3.48. The van der Waals surface area contributed by atoms with Gasteiger partial charge in [0.15, 0.2) is 0 Å². The highest BCUT2D eigenvalue weighted by Gasteiger charge is 2.24. The van der Waals surface area contributed by atoms with Crippen molar-refractivity contribution in [3.63, 3.8) is 0 Å². The fraction of sp³-hybridized carbons (Fsp3) is 0.357. The first-order valence-electron chi connectivity index (χ1n) is 6.30. The SMILES string of the molecule is O=C(NCc1ccc2nccnc2c1)C1CCC1. The fourth-order valence-electron chi connectivity index (χ4n) is 2.12. The Balaban J connectivity index is 1.68. The second-order valence-corrected chi connectivity index (χ2v) is 4.73. The molecule has 1 saturated carbocycles. The number of fused-ring (bicyclic) bond motifs is 1. The first kappa shape index (κ1) is 11.1. The van der Waals surface area contributed by atoms with Gasteiger partial charge in [0.25, 0.3) is 0 Å².